The van der Waals surface area contributed by atoms with Crippen LogP contribution in [-0.4, -0.2) is 31.8 Å². The van der Waals surface area contributed by atoms with E-state index in [9.17, 15) is 4.79 Å². The molecule has 0 aliphatic carbocycles. The van der Waals surface area contributed by atoms with Crippen molar-refractivity contribution in [3.8, 4) is 5.75 Å². The molecule has 2 rings (SSSR count). The summed E-state index contributed by atoms with van der Waals surface area (Å²) in [5.74, 6) is 0.303. The summed E-state index contributed by atoms with van der Waals surface area (Å²) in [5, 5.41) is 3.29. The largest absolute Gasteiger partial charge is 0.495 e. The van der Waals surface area contributed by atoms with Crippen LogP contribution >= 0.6 is 11.6 Å². The lowest BCUT2D eigenvalue weighted by Gasteiger charge is -2.31. The van der Waals surface area contributed by atoms with Gasteiger partial charge >= 0.3 is 0 Å². The lowest BCUT2D eigenvalue weighted by atomic mass is 9.90. The molecule has 6 heteroatoms. The molecule has 3 N–H and O–H groups in total. The van der Waals surface area contributed by atoms with Crippen LogP contribution in [0, 0.1) is 0 Å². The summed E-state index contributed by atoms with van der Waals surface area (Å²) >= 11 is 5.93. The first-order valence-electron chi connectivity index (χ1n) is 6.07. The highest BCUT2D eigenvalue weighted by atomic mass is 35.5. The molecule has 1 saturated heterocycles. The van der Waals surface area contributed by atoms with Gasteiger partial charge in [-0.1, -0.05) is 11.6 Å². The van der Waals surface area contributed by atoms with Crippen molar-refractivity contribution in [2.75, 3.05) is 25.6 Å². The number of methoxy groups -OCH3 is 1. The second-order valence-electron chi connectivity index (χ2n) is 4.57. The van der Waals surface area contributed by atoms with Crippen LogP contribution in [0.3, 0.4) is 0 Å². The van der Waals surface area contributed by atoms with Crippen LogP contribution in [0.1, 0.15) is 12.8 Å². The third kappa shape index (κ3) is 3.18. The highest BCUT2D eigenvalue weighted by Gasteiger charge is 2.35. The summed E-state index contributed by atoms with van der Waals surface area (Å²) in [5.41, 5.74) is 5.85. The number of carbonyl (C=O) groups excluding carboxylic acids is 1. The van der Waals surface area contributed by atoms with Crippen molar-refractivity contribution < 1.29 is 14.3 Å². The highest BCUT2D eigenvalue weighted by molar-refractivity contribution is 6.32. The van der Waals surface area contributed by atoms with Crippen LogP contribution in [0.25, 0.3) is 0 Å². The Balaban J connectivity index is 2.10. The smallest absolute Gasteiger partial charge is 0.244 e. The van der Waals surface area contributed by atoms with Gasteiger partial charge in [0, 0.05) is 25.0 Å². The van der Waals surface area contributed by atoms with Gasteiger partial charge in [-0.2, -0.15) is 0 Å². The molecule has 1 aliphatic heterocycles. The molecule has 1 amide bonds. The van der Waals surface area contributed by atoms with Crippen molar-refractivity contribution in [1.29, 1.82) is 0 Å². The standard InChI is InChI=1S/C13H17ClN2O3/c1-18-11-8-9(2-3-10(11)14)16-12(17)13(15)4-6-19-7-5-13/h2-3,8H,4-7,15H2,1H3,(H,16,17). The van der Waals surface area contributed by atoms with Gasteiger partial charge in [0.15, 0.2) is 0 Å². The summed E-state index contributed by atoms with van der Waals surface area (Å²) in [6.45, 7) is 1.02. The van der Waals surface area contributed by atoms with Gasteiger partial charge in [0.1, 0.15) is 11.3 Å². The van der Waals surface area contributed by atoms with Crippen molar-refractivity contribution in [3.05, 3.63) is 23.2 Å². The first-order chi connectivity index (χ1) is 9.05. The Labute approximate surface area is 117 Å². The quantitative estimate of drug-likeness (QED) is 0.887. The molecule has 0 bridgehead atoms. The van der Waals surface area contributed by atoms with Crippen molar-refractivity contribution in [1.82, 2.24) is 0 Å². The Bertz CT molecular complexity index is 473. The van der Waals surface area contributed by atoms with Crippen molar-refractivity contribution in [2.24, 2.45) is 5.73 Å². The number of benzene rings is 1. The Hall–Kier alpha value is -1.30. The fourth-order valence-electron chi connectivity index (χ4n) is 1.96. The number of carbonyl (C=O) groups is 1. The Morgan fingerprint density at radius 3 is 2.79 bits per heavy atom. The van der Waals surface area contributed by atoms with E-state index in [0.29, 0.717) is 42.5 Å². The maximum atomic E-state index is 12.2. The zero-order chi connectivity index (χ0) is 13.9. The molecule has 19 heavy (non-hydrogen) atoms. The van der Waals surface area contributed by atoms with E-state index in [2.05, 4.69) is 5.32 Å². The molecule has 1 aromatic rings. The maximum absolute atomic E-state index is 12.2. The predicted octanol–water partition coefficient (Wildman–Crippen LogP) is 1.79. The third-order valence-corrected chi connectivity index (χ3v) is 3.56. The van der Waals surface area contributed by atoms with Gasteiger partial charge < -0.3 is 20.5 Å². The highest BCUT2D eigenvalue weighted by Crippen LogP contribution is 2.28. The van der Waals surface area contributed by atoms with E-state index >= 15 is 0 Å². The van der Waals surface area contributed by atoms with Gasteiger partial charge in [-0.3, -0.25) is 4.79 Å². The zero-order valence-corrected chi connectivity index (χ0v) is 11.5. The molecular formula is C13H17ClN2O3. The minimum absolute atomic E-state index is 0.208. The normalized spacial score (nSPS) is 17.8. The number of halogens is 1. The Morgan fingerprint density at radius 2 is 2.16 bits per heavy atom. The number of nitrogens with one attached hydrogen (secondary N) is 1. The number of anilines is 1. The van der Waals surface area contributed by atoms with Crippen molar-refractivity contribution >= 4 is 23.2 Å². The van der Waals surface area contributed by atoms with Crippen molar-refractivity contribution in [2.45, 2.75) is 18.4 Å². The number of amides is 1. The van der Waals surface area contributed by atoms with Crippen LogP contribution < -0.4 is 15.8 Å². The van der Waals surface area contributed by atoms with E-state index in [4.69, 9.17) is 26.8 Å². The van der Waals surface area contributed by atoms with E-state index in [0.717, 1.165) is 0 Å². The lowest BCUT2D eigenvalue weighted by molar-refractivity contribution is -0.124. The van der Waals surface area contributed by atoms with Gasteiger partial charge in [-0.25, -0.2) is 0 Å². The fourth-order valence-corrected chi connectivity index (χ4v) is 2.15. The van der Waals surface area contributed by atoms with Gasteiger partial charge in [-0.05, 0) is 25.0 Å². The van der Waals surface area contributed by atoms with Gasteiger partial charge in [0.2, 0.25) is 5.91 Å². The molecule has 0 spiro atoms. The molecule has 0 aromatic heterocycles. The summed E-state index contributed by atoms with van der Waals surface area (Å²) in [6.07, 6.45) is 1.03. The molecule has 104 valence electrons. The summed E-state index contributed by atoms with van der Waals surface area (Å²) in [4.78, 5) is 12.2. The lowest BCUT2D eigenvalue weighted by Crippen LogP contribution is -2.54. The van der Waals surface area contributed by atoms with Crippen LogP contribution in [-0.2, 0) is 9.53 Å². The van der Waals surface area contributed by atoms with Crippen LogP contribution in [0.2, 0.25) is 5.02 Å². The number of ether oxygens (including phenoxy) is 2. The van der Waals surface area contributed by atoms with Crippen LogP contribution in [0.4, 0.5) is 5.69 Å². The predicted molar refractivity (Wildman–Crippen MR) is 73.6 cm³/mol. The molecule has 0 radical (unpaired) electrons. The fraction of sp³-hybridized carbons (Fsp3) is 0.462. The molecule has 1 heterocycles. The zero-order valence-electron chi connectivity index (χ0n) is 10.7. The minimum atomic E-state index is -0.870. The number of rotatable bonds is 3. The SMILES string of the molecule is COc1cc(NC(=O)C2(N)CCOCC2)ccc1Cl. The van der Waals surface area contributed by atoms with E-state index < -0.39 is 5.54 Å². The Morgan fingerprint density at radius 1 is 1.47 bits per heavy atom. The maximum Gasteiger partial charge on any atom is 0.244 e. The average Bonchev–Trinajstić information content (AvgIpc) is 2.41. The van der Waals surface area contributed by atoms with Gasteiger partial charge in [0.05, 0.1) is 12.1 Å². The molecular weight excluding hydrogens is 268 g/mol. The average molecular weight is 285 g/mol. The molecule has 0 saturated carbocycles. The number of hydrogen-bond donors (Lipinski definition) is 2. The van der Waals surface area contributed by atoms with Crippen LogP contribution in [0.15, 0.2) is 18.2 Å². The van der Waals surface area contributed by atoms with E-state index in [-0.39, 0.29) is 5.91 Å². The minimum Gasteiger partial charge on any atom is -0.495 e. The summed E-state index contributed by atoms with van der Waals surface area (Å²) in [6, 6.07) is 5.05. The van der Waals surface area contributed by atoms with Gasteiger partial charge in [0.25, 0.3) is 0 Å². The first-order valence-corrected chi connectivity index (χ1v) is 6.44. The molecule has 1 fully saturated rings. The summed E-state index contributed by atoms with van der Waals surface area (Å²) in [7, 11) is 1.52. The molecule has 0 unspecified atom stereocenters. The number of nitrogens with two attached hydrogens (primary N) is 1. The van der Waals surface area contributed by atoms with Gasteiger partial charge in [-0.15, -0.1) is 0 Å². The van der Waals surface area contributed by atoms with Crippen molar-refractivity contribution in [3.63, 3.8) is 0 Å². The first kappa shape index (κ1) is 14.1. The second-order valence-corrected chi connectivity index (χ2v) is 4.98. The molecule has 1 aliphatic rings. The van der Waals surface area contributed by atoms with E-state index in [1.54, 1.807) is 18.2 Å². The van der Waals surface area contributed by atoms with E-state index in [1.165, 1.54) is 7.11 Å². The topological polar surface area (TPSA) is 73.6 Å². The molecule has 1 aromatic carbocycles. The number of hydrogen-bond acceptors (Lipinski definition) is 4. The second kappa shape index (κ2) is 5.77. The van der Waals surface area contributed by atoms with E-state index in [1.807, 2.05) is 0 Å². The molecule has 0 atom stereocenters. The Kier molecular flexibility index (Phi) is 4.29. The monoisotopic (exact) mass is 284 g/mol. The summed E-state index contributed by atoms with van der Waals surface area (Å²) < 4.78 is 10.3. The molecule has 5 nitrogen and oxygen atoms in total. The third-order valence-electron chi connectivity index (χ3n) is 3.25. The van der Waals surface area contributed by atoms with Crippen LogP contribution in [0.5, 0.6) is 5.75 Å².